The summed E-state index contributed by atoms with van der Waals surface area (Å²) in [5.41, 5.74) is 2.33. The van der Waals surface area contributed by atoms with Gasteiger partial charge in [-0.3, -0.25) is 14.3 Å². The Kier molecular flexibility index (Phi) is 5.88. The first-order chi connectivity index (χ1) is 15.2. The van der Waals surface area contributed by atoms with Gasteiger partial charge in [0.1, 0.15) is 5.52 Å². The van der Waals surface area contributed by atoms with Gasteiger partial charge in [-0.05, 0) is 43.2 Å². The Hall–Kier alpha value is -3.40. The monoisotopic (exact) mass is 456 g/mol. The van der Waals surface area contributed by atoms with Gasteiger partial charge in [0, 0.05) is 31.6 Å². The van der Waals surface area contributed by atoms with Gasteiger partial charge in [0.25, 0.3) is 5.91 Å². The Labute approximate surface area is 185 Å². The Morgan fingerprint density at radius 2 is 1.84 bits per heavy atom. The SMILES string of the molecule is CC(=O)Nc1ccc(NS(C)(=O)=O)c(C(=O)N2CCC(c3nc4ccccc4o3)CC2)c1. The molecule has 2 heterocycles. The number of nitrogens with one attached hydrogen (secondary N) is 2. The van der Waals surface area contributed by atoms with Crippen LogP contribution in [0, 0.1) is 0 Å². The first-order valence-corrected chi connectivity index (χ1v) is 12.1. The van der Waals surface area contributed by atoms with Crippen LogP contribution >= 0.6 is 0 Å². The number of benzene rings is 2. The van der Waals surface area contributed by atoms with Crippen LogP contribution in [0.1, 0.15) is 41.9 Å². The number of para-hydroxylation sites is 2. The van der Waals surface area contributed by atoms with Crippen LogP contribution in [0.15, 0.2) is 46.9 Å². The smallest absolute Gasteiger partial charge is 0.256 e. The van der Waals surface area contributed by atoms with Crippen LogP contribution in [-0.4, -0.2) is 49.5 Å². The third-order valence-corrected chi connectivity index (χ3v) is 5.90. The molecule has 9 nitrogen and oxygen atoms in total. The van der Waals surface area contributed by atoms with E-state index in [1.165, 1.54) is 19.1 Å². The molecule has 2 amide bonds. The molecule has 0 saturated carbocycles. The fraction of sp³-hybridized carbons (Fsp3) is 0.318. The summed E-state index contributed by atoms with van der Waals surface area (Å²) in [6, 6.07) is 12.1. The second-order valence-corrected chi connectivity index (χ2v) is 9.65. The van der Waals surface area contributed by atoms with Crippen molar-refractivity contribution in [3.8, 4) is 0 Å². The summed E-state index contributed by atoms with van der Waals surface area (Å²) >= 11 is 0. The number of carbonyl (C=O) groups is 2. The van der Waals surface area contributed by atoms with Gasteiger partial charge < -0.3 is 14.6 Å². The van der Waals surface area contributed by atoms with Crippen molar-refractivity contribution < 1.29 is 22.4 Å². The summed E-state index contributed by atoms with van der Waals surface area (Å²) < 4.78 is 31.8. The van der Waals surface area contributed by atoms with Gasteiger partial charge in [0.15, 0.2) is 11.5 Å². The molecule has 1 fully saturated rings. The fourth-order valence-corrected chi connectivity index (χ4v) is 4.43. The number of sulfonamides is 1. The maximum atomic E-state index is 13.3. The highest BCUT2D eigenvalue weighted by Crippen LogP contribution is 2.31. The number of anilines is 2. The zero-order valence-electron chi connectivity index (χ0n) is 17.8. The number of piperidine rings is 1. The first kappa shape index (κ1) is 21.8. The number of hydrogen-bond donors (Lipinski definition) is 2. The average molecular weight is 457 g/mol. The van der Waals surface area contributed by atoms with E-state index < -0.39 is 10.0 Å². The van der Waals surface area contributed by atoms with Crippen molar-refractivity contribution in [1.29, 1.82) is 0 Å². The number of likely N-dealkylation sites (tertiary alicyclic amines) is 1. The van der Waals surface area contributed by atoms with Crippen LogP contribution in [-0.2, 0) is 14.8 Å². The molecule has 3 aromatic rings. The molecular weight excluding hydrogens is 432 g/mol. The van der Waals surface area contributed by atoms with Crippen LogP contribution in [0.3, 0.4) is 0 Å². The van der Waals surface area contributed by atoms with Gasteiger partial charge in [0.05, 0.1) is 17.5 Å². The second-order valence-electron chi connectivity index (χ2n) is 7.90. The topological polar surface area (TPSA) is 122 Å². The van der Waals surface area contributed by atoms with Crippen LogP contribution in [0.5, 0.6) is 0 Å². The van der Waals surface area contributed by atoms with Crippen LogP contribution < -0.4 is 10.0 Å². The minimum Gasteiger partial charge on any atom is -0.440 e. The summed E-state index contributed by atoms with van der Waals surface area (Å²) in [4.78, 5) is 30.9. The van der Waals surface area contributed by atoms with E-state index in [0.717, 1.165) is 17.4 Å². The van der Waals surface area contributed by atoms with Crippen molar-refractivity contribution in [1.82, 2.24) is 9.88 Å². The Morgan fingerprint density at radius 1 is 1.12 bits per heavy atom. The van der Waals surface area contributed by atoms with Crippen LogP contribution in [0.25, 0.3) is 11.1 Å². The van der Waals surface area contributed by atoms with Gasteiger partial charge in [-0.15, -0.1) is 0 Å². The summed E-state index contributed by atoms with van der Waals surface area (Å²) in [6.45, 7) is 2.32. The fourth-order valence-electron chi connectivity index (χ4n) is 3.86. The molecule has 0 bridgehead atoms. The number of rotatable bonds is 5. The predicted molar refractivity (Wildman–Crippen MR) is 121 cm³/mol. The van der Waals surface area contributed by atoms with E-state index in [1.807, 2.05) is 24.3 Å². The van der Waals surface area contributed by atoms with Crippen LogP contribution in [0.4, 0.5) is 11.4 Å². The van der Waals surface area contributed by atoms with Crippen molar-refractivity contribution >= 4 is 44.3 Å². The quantitative estimate of drug-likeness (QED) is 0.608. The largest absolute Gasteiger partial charge is 0.440 e. The number of nitrogens with zero attached hydrogens (tertiary/aromatic N) is 2. The third-order valence-electron chi connectivity index (χ3n) is 5.31. The highest BCUT2D eigenvalue weighted by molar-refractivity contribution is 7.92. The highest BCUT2D eigenvalue weighted by Gasteiger charge is 2.29. The van der Waals surface area contributed by atoms with E-state index in [-0.39, 0.29) is 29.0 Å². The van der Waals surface area contributed by atoms with Crippen molar-refractivity contribution in [3.63, 3.8) is 0 Å². The predicted octanol–water partition coefficient (Wildman–Crippen LogP) is 3.18. The lowest BCUT2D eigenvalue weighted by Gasteiger charge is -2.31. The van der Waals surface area contributed by atoms with Gasteiger partial charge in [-0.1, -0.05) is 12.1 Å². The molecule has 4 rings (SSSR count). The molecule has 2 N–H and O–H groups in total. The lowest BCUT2D eigenvalue weighted by Crippen LogP contribution is -2.38. The third kappa shape index (κ3) is 4.91. The number of carbonyl (C=O) groups excluding carboxylic acids is 2. The molecule has 0 atom stereocenters. The number of amides is 2. The number of oxazole rings is 1. The van der Waals surface area contributed by atoms with E-state index in [2.05, 4.69) is 15.0 Å². The molecule has 10 heteroatoms. The summed E-state index contributed by atoms with van der Waals surface area (Å²) in [5, 5.41) is 2.63. The molecule has 1 aliphatic heterocycles. The Bertz CT molecular complexity index is 1240. The maximum Gasteiger partial charge on any atom is 0.256 e. The van der Waals surface area contributed by atoms with Gasteiger partial charge in [-0.2, -0.15) is 0 Å². The molecule has 1 aromatic heterocycles. The second kappa shape index (κ2) is 8.62. The molecule has 32 heavy (non-hydrogen) atoms. The van der Waals surface area contributed by atoms with E-state index in [9.17, 15) is 18.0 Å². The number of hydrogen-bond acceptors (Lipinski definition) is 6. The van der Waals surface area contributed by atoms with Crippen molar-refractivity contribution in [2.75, 3.05) is 29.4 Å². The summed E-state index contributed by atoms with van der Waals surface area (Å²) in [6.07, 6.45) is 2.38. The van der Waals surface area contributed by atoms with E-state index in [1.54, 1.807) is 11.0 Å². The average Bonchev–Trinajstić information content (AvgIpc) is 3.17. The van der Waals surface area contributed by atoms with E-state index in [0.29, 0.717) is 37.5 Å². The zero-order valence-corrected chi connectivity index (χ0v) is 18.6. The Balaban J connectivity index is 1.53. The number of fused-ring (bicyclic) bond motifs is 1. The minimum absolute atomic E-state index is 0.103. The first-order valence-electron chi connectivity index (χ1n) is 10.2. The summed E-state index contributed by atoms with van der Waals surface area (Å²) in [5.74, 6) is 0.182. The lowest BCUT2D eigenvalue weighted by molar-refractivity contribution is -0.114. The molecule has 168 valence electrons. The molecule has 0 spiro atoms. The molecule has 1 saturated heterocycles. The Morgan fingerprint density at radius 3 is 2.50 bits per heavy atom. The van der Waals surface area contributed by atoms with Gasteiger partial charge in [-0.25, -0.2) is 13.4 Å². The van der Waals surface area contributed by atoms with E-state index >= 15 is 0 Å². The maximum absolute atomic E-state index is 13.3. The van der Waals surface area contributed by atoms with Gasteiger partial charge >= 0.3 is 0 Å². The normalized spacial score (nSPS) is 15.0. The molecule has 0 radical (unpaired) electrons. The van der Waals surface area contributed by atoms with E-state index in [4.69, 9.17) is 4.42 Å². The van der Waals surface area contributed by atoms with Crippen molar-refractivity contribution in [2.45, 2.75) is 25.7 Å². The lowest BCUT2D eigenvalue weighted by atomic mass is 9.96. The molecule has 0 aliphatic carbocycles. The van der Waals surface area contributed by atoms with Crippen molar-refractivity contribution in [3.05, 3.63) is 53.9 Å². The molecular formula is C22H24N4O5S. The minimum atomic E-state index is -3.59. The number of aromatic nitrogens is 1. The van der Waals surface area contributed by atoms with Crippen molar-refractivity contribution in [2.24, 2.45) is 0 Å². The zero-order chi connectivity index (χ0) is 22.9. The van der Waals surface area contributed by atoms with Gasteiger partial charge in [0.2, 0.25) is 15.9 Å². The molecule has 1 aliphatic rings. The molecule has 2 aromatic carbocycles. The van der Waals surface area contributed by atoms with Crippen LogP contribution in [0.2, 0.25) is 0 Å². The standard InChI is InChI=1S/C22H24N4O5S/c1-14(27)23-16-7-8-18(25-32(2,29)30)17(13-16)22(28)26-11-9-15(10-12-26)21-24-19-5-3-4-6-20(19)31-21/h3-8,13,15,25H,9-12H2,1-2H3,(H,23,27). The molecule has 0 unspecified atom stereocenters. The highest BCUT2D eigenvalue weighted by atomic mass is 32.2. The summed E-state index contributed by atoms with van der Waals surface area (Å²) in [7, 11) is -3.59.